The molecule has 0 spiro atoms. The molecule has 0 aliphatic carbocycles. The summed E-state index contributed by atoms with van der Waals surface area (Å²) in [5, 5.41) is 2.79. The number of nitrogens with one attached hydrogen (secondary N) is 1. The Bertz CT molecular complexity index is 1080. The lowest BCUT2D eigenvalue weighted by Crippen LogP contribution is -2.25. The maximum absolute atomic E-state index is 12.6. The Morgan fingerprint density at radius 1 is 1.17 bits per heavy atom. The standard InChI is InChI=1S/C21H19N5O3/c1-13-5-14(8-22-7-13)20(27)25-10-16-9-24-19(11-23-16)26-12-15-6-17(29-2)3-4-18(15)21(26)28/h3-9,11H,10,12H2,1-2H3,(H,25,27). The number of hydrogen-bond donors (Lipinski definition) is 1. The Morgan fingerprint density at radius 3 is 2.76 bits per heavy atom. The van der Waals surface area contributed by atoms with E-state index in [1.54, 1.807) is 42.6 Å². The first-order valence-corrected chi connectivity index (χ1v) is 9.04. The van der Waals surface area contributed by atoms with E-state index in [1.807, 2.05) is 13.0 Å². The van der Waals surface area contributed by atoms with Gasteiger partial charge in [-0.2, -0.15) is 0 Å². The Morgan fingerprint density at radius 2 is 2.03 bits per heavy atom. The summed E-state index contributed by atoms with van der Waals surface area (Å²) in [4.78, 5) is 39.1. The quantitative estimate of drug-likeness (QED) is 0.719. The van der Waals surface area contributed by atoms with E-state index in [4.69, 9.17) is 4.74 Å². The fraction of sp³-hybridized carbons (Fsp3) is 0.190. The third kappa shape index (κ3) is 3.77. The molecule has 0 saturated heterocycles. The highest BCUT2D eigenvalue weighted by atomic mass is 16.5. The molecule has 1 N–H and O–H groups in total. The number of nitrogens with zero attached hydrogens (tertiary/aromatic N) is 4. The zero-order chi connectivity index (χ0) is 20.4. The van der Waals surface area contributed by atoms with Crippen LogP contribution in [0.2, 0.25) is 0 Å². The molecule has 0 unspecified atom stereocenters. The summed E-state index contributed by atoms with van der Waals surface area (Å²) >= 11 is 0. The number of fused-ring (bicyclic) bond motifs is 1. The molecule has 2 amide bonds. The minimum Gasteiger partial charge on any atom is -0.497 e. The zero-order valence-electron chi connectivity index (χ0n) is 16.0. The van der Waals surface area contributed by atoms with Gasteiger partial charge in [-0.25, -0.2) is 4.98 Å². The van der Waals surface area contributed by atoms with Gasteiger partial charge in [0.05, 0.1) is 43.9 Å². The van der Waals surface area contributed by atoms with Gasteiger partial charge in [0.2, 0.25) is 0 Å². The van der Waals surface area contributed by atoms with Crippen molar-refractivity contribution in [1.29, 1.82) is 0 Å². The third-order valence-corrected chi connectivity index (χ3v) is 4.65. The van der Waals surface area contributed by atoms with E-state index in [9.17, 15) is 9.59 Å². The lowest BCUT2D eigenvalue weighted by molar-refractivity contribution is 0.0949. The van der Waals surface area contributed by atoms with Crippen molar-refractivity contribution in [3.63, 3.8) is 0 Å². The molecule has 1 aliphatic rings. The number of pyridine rings is 1. The third-order valence-electron chi connectivity index (χ3n) is 4.65. The molecule has 3 aromatic rings. The van der Waals surface area contributed by atoms with Crippen LogP contribution in [0, 0.1) is 6.92 Å². The fourth-order valence-electron chi connectivity index (χ4n) is 3.14. The van der Waals surface area contributed by atoms with Crippen LogP contribution in [0.15, 0.2) is 49.1 Å². The van der Waals surface area contributed by atoms with E-state index in [0.29, 0.717) is 34.9 Å². The first-order chi connectivity index (χ1) is 14.0. The maximum atomic E-state index is 12.6. The van der Waals surface area contributed by atoms with Crippen molar-refractivity contribution >= 4 is 17.6 Å². The number of carbonyl (C=O) groups excluding carboxylic acids is 2. The topological polar surface area (TPSA) is 97.3 Å². The van der Waals surface area contributed by atoms with E-state index in [2.05, 4.69) is 20.3 Å². The van der Waals surface area contributed by atoms with Crippen LogP contribution in [0.3, 0.4) is 0 Å². The predicted molar refractivity (Wildman–Crippen MR) is 106 cm³/mol. The number of rotatable bonds is 5. The number of methoxy groups -OCH3 is 1. The molecule has 1 aromatic carbocycles. The number of hydrogen-bond acceptors (Lipinski definition) is 6. The normalized spacial score (nSPS) is 12.6. The smallest absolute Gasteiger partial charge is 0.260 e. The molecule has 0 bridgehead atoms. The van der Waals surface area contributed by atoms with Gasteiger partial charge in [0.25, 0.3) is 11.8 Å². The first kappa shape index (κ1) is 18.5. The van der Waals surface area contributed by atoms with Gasteiger partial charge in [-0.1, -0.05) is 0 Å². The monoisotopic (exact) mass is 389 g/mol. The van der Waals surface area contributed by atoms with Crippen LogP contribution in [0.25, 0.3) is 0 Å². The van der Waals surface area contributed by atoms with Crippen molar-refractivity contribution in [2.45, 2.75) is 20.0 Å². The lowest BCUT2D eigenvalue weighted by atomic mass is 10.1. The van der Waals surface area contributed by atoms with Crippen LogP contribution in [-0.4, -0.2) is 33.9 Å². The van der Waals surface area contributed by atoms with Gasteiger partial charge < -0.3 is 10.1 Å². The Labute approximate surface area is 167 Å². The van der Waals surface area contributed by atoms with Gasteiger partial charge in [0.15, 0.2) is 5.82 Å². The molecule has 2 aromatic heterocycles. The van der Waals surface area contributed by atoms with E-state index in [-0.39, 0.29) is 18.4 Å². The summed E-state index contributed by atoms with van der Waals surface area (Å²) in [5.41, 5.74) is 3.52. The summed E-state index contributed by atoms with van der Waals surface area (Å²) < 4.78 is 5.22. The number of ether oxygens (including phenoxy) is 1. The molecule has 3 heterocycles. The highest BCUT2D eigenvalue weighted by Gasteiger charge is 2.29. The summed E-state index contributed by atoms with van der Waals surface area (Å²) in [5.74, 6) is 0.818. The van der Waals surface area contributed by atoms with E-state index < -0.39 is 0 Å². The summed E-state index contributed by atoms with van der Waals surface area (Å²) in [7, 11) is 1.59. The second-order valence-corrected chi connectivity index (χ2v) is 6.71. The van der Waals surface area contributed by atoms with Gasteiger partial charge >= 0.3 is 0 Å². The van der Waals surface area contributed by atoms with Gasteiger partial charge in [-0.3, -0.25) is 24.5 Å². The molecule has 146 valence electrons. The van der Waals surface area contributed by atoms with Crippen molar-refractivity contribution in [3.8, 4) is 5.75 Å². The second kappa shape index (κ2) is 7.67. The van der Waals surface area contributed by atoms with Crippen molar-refractivity contribution in [2.24, 2.45) is 0 Å². The molecule has 0 fully saturated rings. The van der Waals surface area contributed by atoms with E-state index in [1.165, 1.54) is 12.4 Å². The number of aryl methyl sites for hydroxylation is 1. The molecule has 0 radical (unpaired) electrons. The molecular formula is C21H19N5O3. The lowest BCUT2D eigenvalue weighted by Gasteiger charge is -2.14. The summed E-state index contributed by atoms with van der Waals surface area (Å²) in [6.45, 7) is 2.52. The van der Waals surface area contributed by atoms with E-state index in [0.717, 1.165) is 11.1 Å². The molecular weight excluding hydrogens is 370 g/mol. The fourth-order valence-corrected chi connectivity index (χ4v) is 3.14. The highest BCUT2D eigenvalue weighted by molar-refractivity contribution is 6.09. The second-order valence-electron chi connectivity index (χ2n) is 6.71. The van der Waals surface area contributed by atoms with Crippen molar-refractivity contribution in [3.05, 3.63) is 77.0 Å². The largest absolute Gasteiger partial charge is 0.497 e. The van der Waals surface area contributed by atoms with Crippen LogP contribution < -0.4 is 15.0 Å². The van der Waals surface area contributed by atoms with E-state index >= 15 is 0 Å². The molecule has 8 heteroatoms. The minimum absolute atomic E-state index is 0.120. The number of anilines is 1. The SMILES string of the molecule is COc1ccc2c(c1)CN(c1cnc(CNC(=O)c3cncc(C)c3)cn1)C2=O. The molecule has 8 nitrogen and oxygen atoms in total. The zero-order valence-corrected chi connectivity index (χ0v) is 16.0. The highest BCUT2D eigenvalue weighted by Crippen LogP contribution is 2.29. The van der Waals surface area contributed by atoms with Gasteiger partial charge in [-0.05, 0) is 42.3 Å². The molecule has 1 aliphatic heterocycles. The molecule has 29 heavy (non-hydrogen) atoms. The minimum atomic E-state index is -0.230. The number of carbonyl (C=O) groups is 2. The van der Waals surface area contributed by atoms with Crippen LogP contribution in [0.1, 0.15) is 37.5 Å². The number of amides is 2. The van der Waals surface area contributed by atoms with Crippen molar-refractivity contribution < 1.29 is 14.3 Å². The molecule has 0 atom stereocenters. The van der Waals surface area contributed by atoms with Crippen LogP contribution in [-0.2, 0) is 13.1 Å². The predicted octanol–water partition coefficient (Wildman–Crippen LogP) is 2.28. The van der Waals surface area contributed by atoms with Crippen LogP contribution in [0.5, 0.6) is 5.75 Å². The number of benzene rings is 1. The van der Waals surface area contributed by atoms with Crippen molar-refractivity contribution in [2.75, 3.05) is 12.0 Å². The van der Waals surface area contributed by atoms with Gasteiger partial charge in [0.1, 0.15) is 5.75 Å². The molecule has 0 saturated carbocycles. The van der Waals surface area contributed by atoms with Crippen LogP contribution >= 0.6 is 0 Å². The average molecular weight is 389 g/mol. The van der Waals surface area contributed by atoms with Crippen LogP contribution in [0.4, 0.5) is 5.82 Å². The average Bonchev–Trinajstić information content (AvgIpc) is 3.08. The Kier molecular flexibility index (Phi) is 4.90. The van der Waals surface area contributed by atoms with Crippen molar-refractivity contribution in [1.82, 2.24) is 20.3 Å². The summed E-state index contributed by atoms with van der Waals surface area (Å²) in [6, 6.07) is 7.14. The molecule has 4 rings (SSSR count). The first-order valence-electron chi connectivity index (χ1n) is 9.04. The Balaban J connectivity index is 1.42. The number of aromatic nitrogens is 3. The summed E-state index contributed by atoms with van der Waals surface area (Å²) in [6.07, 6.45) is 6.30. The van der Waals surface area contributed by atoms with Gasteiger partial charge in [0, 0.05) is 18.0 Å². The van der Waals surface area contributed by atoms with Gasteiger partial charge in [-0.15, -0.1) is 0 Å². The maximum Gasteiger partial charge on any atom is 0.260 e. The Hall–Kier alpha value is -3.81.